The zero-order valence-electron chi connectivity index (χ0n) is 12.6. The molecule has 0 heterocycles. The molecule has 0 saturated carbocycles. The number of aliphatic imine (C=N–C) groups is 1. The van der Waals surface area contributed by atoms with E-state index in [1.807, 2.05) is 0 Å². The van der Waals surface area contributed by atoms with Gasteiger partial charge in [-0.1, -0.05) is 17.7 Å². The number of rotatable bonds is 3. The number of guanidine groups is 1. The molecule has 5 N–H and O–H groups in total. The van der Waals surface area contributed by atoms with Crippen LogP contribution in [0.1, 0.15) is 10.4 Å². The molecule has 0 atom stereocenters. The third-order valence-electron chi connectivity index (χ3n) is 3.17. The fourth-order valence-electron chi connectivity index (χ4n) is 2.16. The van der Waals surface area contributed by atoms with Crippen molar-refractivity contribution < 1.29 is 14.6 Å². The molecule has 2 aromatic rings. The van der Waals surface area contributed by atoms with Crippen LogP contribution in [-0.2, 0) is 0 Å². The molecule has 0 fully saturated rings. The lowest BCUT2D eigenvalue weighted by Gasteiger charge is -2.14. The maximum absolute atomic E-state index is 12.3. The zero-order valence-corrected chi connectivity index (χ0v) is 13.3. The zero-order chi connectivity index (χ0) is 17.9. The molecule has 0 radical (unpaired) electrons. The molecule has 0 bridgehead atoms. The molecule has 2 rings (SSSR count). The second kappa shape index (κ2) is 6.89. The van der Waals surface area contributed by atoms with Crippen molar-refractivity contribution >= 4 is 29.2 Å². The molecule has 0 aromatic heterocycles. The Balaban J connectivity index is 2.87. The first-order valence-electron chi connectivity index (χ1n) is 6.60. The first-order valence-corrected chi connectivity index (χ1v) is 6.98. The first kappa shape index (κ1) is 17.1. The van der Waals surface area contributed by atoms with Gasteiger partial charge in [-0.25, -0.2) is 4.85 Å². The summed E-state index contributed by atoms with van der Waals surface area (Å²) in [5, 5.41) is 10.4. The van der Waals surface area contributed by atoms with Crippen molar-refractivity contribution in [3.63, 3.8) is 0 Å². The van der Waals surface area contributed by atoms with Gasteiger partial charge in [0.05, 0.1) is 19.2 Å². The Morgan fingerprint density at radius 3 is 2.62 bits per heavy atom. The Morgan fingerprint density at radius 1 is 1.33 bits per heavy atom. The lowest BCUT2D eigenvalue weighted by Crippen LogP contribution is -2.24. The van der Waals surface area contributed by atoms with E-state index in [1.54, 1.807) is 18.2 Å². The third-order valence-corrected chi connectivity index (χ3v) is 3.50. The van der Waals surface area contributed by atoms with E-state index in [9.17, 15) is 9.90 Å². The van der Waals surface area contributed by atoms with Crippen LogP contribution in [0.4, 0.5) is 5.69 Å². The lowest BCUT2D eigenvalue weighted by atomic mass is 9.96. The second-order valence-electron chi connectivity index (χ2n) is 4.65. The van der Waals surface area contributed by atoms with Gasteiger partial charge in [-0.3, -0.25) is 4.79 Å². The topological polar surface area (TPSA) is 115 Å². The number of nitrogens with two attached hydrogens (primary N) is 2. The SMILES string of the molecule is [C-]#[N+]c1ccc(O)c(C(=O)N=C(N)N)c1-c1cc(OC)ccc1Cl. The largest absolute Gasteiger partial charge is 0.507 e. The van der Waals surface area contributed by atoms with Gasteiger partial charge in [-0.05, 0) is 29.8 Å². The number of methoxy groups -OCH3 is 1. The Hall–Kier alpha value is -3.24. The molecule has 122 valence electrons. The van der Waals surface area contributed by atoms with E-state index in [-0.39, 0.29) is 27.6 Å². The molecule has 0 unspecified atom stereocenters. The summed E-state index contributed by atoms with van der Waals surface area (Å²) < 4.78 is 5.15. The van der Waals surface area contributed by atoms with Crippen LogP contribution in [0.25, 0.3) is 16.0 Å². The standard InChI is InChI=1S/C16H13ClN4O3/c1-20-11-5-6-12(22)14(15(23)21-16(18)19)13(11)9-7-8(24-2)3-4-10(9)17/h3-7,22H,2H3,(H4,18,19,21,23). The monoisotopic (exact) mass is 344 g/mol. The Morgan fingerprint density at radius 2 is 2.04 bits per heavy atom. The van der Waals surface area contributed by atoms with Crippen molar-refractivity contribution in [3.05, 3.63) is 52.3 Å². The van der Waals surface area contributed by atoms with E-state index >= 15 is 0 Å². The van der Waals surface area contributed by atoms with Crippen LogP contribution in [-0.4, -0.2) is 24.1 Å². The number of hydrogen-bond donors (Lipinski definition) is 3. The summed E-state index contributed by atoms with van der Waals surface area (Å²) in [6.07, 6.45) is 0. The number of hydrogen-bond acceptors (Lipinski definition) is 3. The van der Waals surface area contributed by atoms with Gasteiger partial charge in [0, 0.05) is 10.6 Å². The number of ether oxygens (including phenoxy) is 1. The molecule has 2 aromatic carbocycles. The number of carbonyl (C=O) groups excluding carboxylic acids is 1. The highest BCUT2D eigenvalue weighted by Gasteiger charge is 2.23. The minimum atomic E-state index is -0.883. The molecule has 0 saturated heterocycles. The van der Waals surface area contributed by atoms with Crippen molar-refractivity contribution in [1.29, 1.82) is 0 Å². The summed E-state index contributed by atoms with van der Waals surface area (Å²) in [6.45, 7) is 7.33. The number of nitrogens with zero attached hydrogens (tertiary/aromatic N) is 2. The first-order chi connectivity index (χ1) is 11.4. The highest BCUT2D eigenvalue weighted by molar-refractivity contribution is 6.34. The average Bonchev–Trinajstić information content (AvgIpc) is 2.54. The van der Waals surface area contributed by atoms with E-state index in [1.165, 1.54) is 19.2 Å². The normalized spacial score (nSPS) is 9.88. The molecule has 24 heavy (non-hydrogen) atoms. The number of benzene rings is 2. The number of phenolic OH excluding ortho intramolecular Hbond substituents is 1. The Kier molecular flexibility index (Phi) is 4.92. The van der Waals surface area contributed by atoms with Gasteiger partial charge >= 0.3 is 0 Å². The van der Waals surface area contributed by atoms with Crippen molar-refractivity contribution in [2.75, 3.05) is 7.11 Å². The van der Waals surface area contributed by atoms with E-state index in [0.717, 1.165) is 0 Å². The van der Waals surface area contributed by atoms with Gasteiger partial charge < -0.3 is 21.3 Å². The van der Waals surface area contributed by atoms with Crippen LogP contribution in [0.2, 0.25) is 5.02 Å². The maximum Gasteiger partial charge on any atom is 0.283 e. The van der Waals surface area contributed by atoms with Gasteiger partial charge in [-0.15, -0.1) is 0 Å². The molecule has 7 nitrogen and oxygen atoms in total. The van der Waals surface area contributed by atoms with E-state index in [2.05, 4.69) is 9.84 Å². The van der Waals surface area contributed by atoms with Crippen LogP contribution in [0.15, 0.2) is 35.3 Å². The summed E-state index contributed by atoms with van der Waals surface area (Å²) in [5.74, 6) is -1.25. The molecule has 0 aliphatic heterocycles. The van der Waals surface area contributed by atoms with Crippen molar-refractivity contribution in [1.82, 2.24) is 0 Å². The van der Waals surface area contributed by atoms with Crippen molar-refractivity contribution in [3.8, 4) is 22.6 Å². The number of carbonyl (C=O) groups is 1. The fraction of sp³-hybridized carbons (Fsp3) is 0.0625. The highest BCUT2D eigenvalue weighted by atomic mass is 35.5. The fourth-order valence-corrected chi connectivity index (χ4v) is 2.37. The van der Waals surface area contributed by atoms with Crippen LogP contribution in [0.3, 0.4) is 0 Å². The number of phenols is 1. The summed E-state index contributed by atoms with van der Waals surface area (Å²) in [6, 6.07) is 7.34. The molecule has 1 amide bonds. The lowest BCUT2D eigenvalue weighted by molar-refractivity contribution is 0.100. The average molecular weight is 345 g/mol. The van der Waals surface area contributed by atoms with Crippen molar-refractivity contribution in [2.45, 2.75) is 0 Å². The van der Waals surface area contributed by atoms with Gasteiger partial charge in [-0.2, -0.15) is 4.99 Å². The molecular formula is C16H13ClN4O3. The quantitative estimate of drug-likeness (QED) is 0.450. The maximum atomic E-state index is 12.3. The smallest absolute Gasteiger partial charge is 0.283 e. The summed E-state index contributed by atoms with van der Waals surface area (Å²) in [7, 11) is 1.47. The van der Waals surface area contributed by atoms with Gasteiger partial charge in [0.15, 0.2) is 11.6 Å². The number of aromatic hydroxyl groups is 1. The van der Waals surface area contributed by atoms with E-state index in [0.29, 0.717) is 11.3 Å². The predicted molar refractivity (Wildman–Crippen MR) is 91.5 cm³/mol. The van der Waals surface area contributed by atoms with Crippen LogP contribution in [0.5, 0.6) is 11.5 Å². The van der Waals surface area contributed by atoms with E-state index < -0.39 is 11.9 Å². The second-order valence-corrected chi connectivity index (χ2v) is 5.06. The van der Waals surface area contributed by atoms with Crippen molar-refractivity contribution in [2.24, 2.45) is 16.5 Å². The number of halogens is 1. The summed E-state index contributed by atoms with van der Waals surface area (Å²) >= 11 is 6.21. The van der Waals surface area contributed by atoms with Crippen LogP contribution < -0.4 is 16.2 Å². The molecule has 0 spiro atoms. The van der Waals surface area contributed by atoms with Gasteiger partial charge in [0.25, 0.3) is 5.91 Å². The molecule has 8 heteroatoms. The minimum Gasteiger partial charge on any atom is -0.507 e. The van der Waals surface area contributed by atoms with Crippen LogP contribution >= 0.6 is 11.6 Å². The summed E-state index contributed by atoms with van der Waals surface area (Å²) in [5.41, 5.74) is 10.8. The van der Waals surface area contributed by atoms with Gasteiger partial charge in [0.1, 0.15) is 11.5 Å². The predicted octanol–water partition coefficient (Wildman–Crippen LogP) is 2.69. The minimum absolute atomic E-state index is 0.108. The molecule has 0 aliphatic rings. The molecular weight excluding hydrogens is 332 g/mol. The highest BCUT2D eigenvalue weighted by Crippen LogP contribution is 2.43. The van der Waals surface area contributed by atoms with E-state index in [4.69, 9.17) is 34.4 Å². The van der Waals surface area contributed by atoms with Crippen LogP contribution in [0, 0.1) is 6.57 Å². The Bertz CT molecular complexity index is 884. The summed E-state index contributed by atoms with van der Waals surface area (Å²) in [4.78, 5) is 19.1. The number of amides is 1. The third kappa shape index (κ3) is 3.24. The van der Waals surface area contributed by atoms with Gasteiger partial charge in [0.2, 0.25) is 0 Å². The Labute approximate surface area is 142 Å². The molecule has 0 aliphatic carbocycles.